The van der Waals surface area contributed by atoms with E-state index < -0.39 is 0 Å². The number of aldehydes is 1. The number of halogens is 1. The van der Waals surface area contributed by atoms with Gasteiger partial charge in [0.05, 0.1) is 11.6 Å². The number of anilines is 1. The molecule has 0 spiro atoms. The Morgan fingerprint density at radius 2 is 2.38 bits per heavy atom. The lowest BCUT2D eigenvalue weighted by Gasteiger charge is -2.12. The number of rotatable bonds is 3. The lowest BCUT2D eigenvalue weighted by Crippen LogP contribution is -2.23. The Morgan fingerprint density at radius 1 is 1.56 bits per heavy atom. The lowest BCUT2D eigenvalue weighted by atomic mass is 10.2. The number of aromatic nitrogens is 2. The molecule has 2 heterocycles. The molecule has 1 fully saturated rings. The van der Waals surface area contributed by atoms with Gasteiger partial charge in [-0.3, -0.25) is 9.59 Å². The summed E-state index contributed by atoms with van der Waals surface area (Å²) in [5, 5.41) is 5.76. The molecule has 0 aliphatic carbocycles. The van der Waals surface area contributed by atoms with Crippen LogP contribution in [0.5, 0.6) is 0 Å². The second kappa shape index (κ2) is 4.44. The molecule has 7 heteroatoms. The molecule has 1 saturated heterocycles. The maximum Gasteiger partial charge on any atom is 0.222 e. The molecule has 1 atom stereocenters. The molecule has 1 amide bonds. The van der Waals surface area contributed by atoms with E-state index in [1.165, 1.54) is 6.33 Å². The fourth-order valence-corrected chi connectivity index (χ4v) is 1.67. The molecular weight excluding hydrogens is 232 g/mol. The quantitative estimate of drug-likeness (QED) is 0.584. The first-order valence-corrected chi connectivity index (χ1v) is 5.07. The predicted molar refractivity (Wildman–Crippen MR) is 57.5 cm³/mol. The Kier molecular flexibility index (Phi) is 3.00. The second-order valence-electron chi connectivity index (χ2n) is 3.39. The van der Waals surface area contributed by atoms with E-state index in [1.807, 2.05) is 0 Å². The molecule has 1 aromatic heterocycles. The minimum absolute atomic E-state index is 0.0229. The zero-order chi connectivity index (χ0) is 11.5. The van der Waals surface area contributed by atoms with Gasteiger partial charge in [0.1, 0.15) is 17.3 Å². The van der Waals surface area contributed by atoms with Gasteiger partial charge in [-0.15, -0.1) is 0 Å². The fourth-order valence-electron chi connectivity index (χ4n) is 1.49. The molecule has 0 aromatic carbocycles. The minimum atomic E-state index is -0.0721. The third-order valence-corrected chi connectivity index (χ3v) is 2.57. The van der Waals surface area contributed by atoms with Crippen molar-refractivity contribution in [3.05, 3.63) is 17.0 Å². The molecule has 16 heavy (non-hydrogen) atoms. The summed E-state index contributed by atoms with van der Waals surface area (Å²) >= 11 is 5.74. The number of nitrogens with one attached hydrogen (secondary N) is 2. The summed E-state index contributed by atoms with van der Waals surface area (Å²) in [6, 6.07) is -0.0721. The van der Waals surface area contributed by atoms with Gasteiger partial charge in [0.15, 0.2) is 6.29 Å². The molecule has 2 rings (SSSR count). The van der Waals surface area contributed by atoms with E-state index in [0.29, 0.717) is 25.1 Å². The van der Waals surface area contributed by atoms with Gasteiger partial charge in [-0.2, -0.15) is 0 Å². The van der Waals surface area contributed by atoms with Crippen molar-refractivity contribution in [3.63, 3.8) is 0 Å². The first-order valence-electron chi connectivity index (χ1n) is 4.69. The summed E-state index contributed by atoms with van der Waals surface area (Å²) in [6.07, 6.45) is 2.22. The van der Waals surface area contributed by atoms with Crippen molar-refractivity contribution in [1.82, 2.24) is 15.3 Å². The number of carbonyl (C=O) groups is 2. The van der Waals surface area contributed by atoms with Gasteiger partial charge in [-0.25, -0.2) is 9.97 Å². The molecule has 0 saturated carbocycles. The average Bonchev–Trinajstić information content (AvgIpc) is 2.64. The SMILES string of the molecule is O=Cc1c(Cl)ncnc1NC1CNC(=O)C1. The highest BCUT2D eigenvalue weighted by Gasteiger charge is 2.22. The van der Waals surface area contributed by atoms with Gasteiger partial charge in [0.25, 0.3) is 0 Å². The number of hydrogen-bond donors (Lipinski definition) is 2. The molecular formula is C9H9ClN4O2. The van der Waals surface area contributed by atoms with E-state index in [9.17, 15) is 9.59 Å². The third-order valence-electron chi connectivity index (χ3n) is 2.27. The Labute approximate surface area is 96.4 Å². The van der Waals surface area contributed by atoms with Crippen molar-refractivity contribution in [1.29, 1.82) is 0 Å². The highest BCUT2D eigenvalue weighted by atomic mass is 35.5. The minimum Gasteiger partial charge on any atom is -0.364 e. The van der Waals surface area contributed by atoms with Crippen LogP contribution in [0.25, 0.3) is 0 Å². The van der Waals surface area contributed by atoms with Crippen LogP contribution in [0.4, 0.5) is 5.82 Å². The van der Waals surface area contributed by atoms with Crippen LogP contribution in [0.3, 0.4) is 0 Å². The van der Waals surface area contributed by atoms with E-state index >= 15 is 0 Å². The van der Waals surface area contributed by atoms with E-state index in [4.69, 9.17) is 11.6 Å². The Morgan fingerprint density at radius 3 is 3.00 bits per heavy atom. The lowest BCUT2D eigenvalue weighted by molar-refractivity contribution is -0.119. The zero-order valence-electron chi connectivity index (χ0n) is 8.24. The van der Waals surface area contributed by atoms with Gasteiger partial charge in [0.2, 0.25) is 5.91 Å². The molecule has 1 aliphatic rings. The van der Waals surface area contributed by atoms with Gasteiger partial charge in [0, 0.05) is 13.0 Å². The largest absolute Gasteiger partial charge is 0.364 e. The topological polar surface area (TPSA) is 84.0 Å². The molecule has 1 unspecified atom stereocenters. The van der Waals surface area contributed by atoms with Gasteiger partial charge in [-0.1, -0.05) is 11.6 Å². The summed E-state index contributed by atoms with van der Waals surface area (Å²) < 4.78 is 0. The first-order chi connectivity index (χ1) is 7.70. The Balaban J connectivity index is 2.18. The molecule has 0 radical (unpaired) electrons. The number of hydrogen-bond acceptors (Lipinski definition) is 5. The summed E-state index contributed by atoms with van der Waals surface area (Å²) in [7, 11) is 0. The summed E-state index contributed by atoms with van der Waals surface area (Å²) in [5.41, 5.74) is 0.212. The van der Waals surface area contributed by atoms with Crippen LogP contribution in [0.15, 0.2) is 6.33 Å². The monoisotopic (exact) mass is 240 g/mol. The fraction of sp³-hybridized carbons (Fsp3) is 0.333. The van der Waals surface area contributed by atoms with Crippen LogP contribution in [-0.4, -0.2) is 34.7 Å². The van der Waals surface area contributed by atoms with Crippen LogP contribution < -0.4 is 10.6 Å². The van der Waals surface area contributed by atoms with E-state index in [0.717, 1.165) is 0 Å². The van der Waals surface area contributed by atoms with Gasteiger partial charge < -0.3 is 10.6 Å². The van der Waals surface area contributed by atoms with Gasteiger partial charge in [-0.05, 0) is 0 Å². The van der Waals surface area contributed by atoms with Crippen LogP contribution in [-0.2, 0) is 4.79 Å². The third kappa shape index (κ3) is 2.11. The Hall–Kier alpha value is -1.69. The number of carbonyl (C=O) groups excluding carboxylic acids is 2. The number of amides is 1. The maximum absolute atomic E-state index is 11.0. The number of nitrogens with zero attached hydrogens (tertiary/aromatic N) is 2. The van der Waals surface area contributed by atoms with Crippen LogP contribution in [0, 0.1) is 0 Å². The molecule has 6 nitrogen and oxygen atoms in total. The molecule has 0 bridgehead atoms. The van der Waals surface area contributed by atoms with Crippen molar-refractivity contribution in [2.75, 3.05) is 11.9 Å². The maximum atomic E-state index is 11.0. The average molecular weight is 241 g/mol. The van der Waals surface area contributed by atoms with Crippen LogP contribution in [0.2, 0.25) is 5.15 Å². The first kappa shape index (κ1) is 10.8. The van der Waals surface area contributed by atoms with E-state index in [1.54, 1.807) is 0 Å². The Bertz CT molecular complexity index is 438. The normalized spacial score (nSPS) is 19.3. The van der Waals surface area contributed by atoms with E-state index in [2.05, 4.69) is 20.6 Å². The van der Waals surface area contributed by atoms with Crippen molar-refractivity contribution >= 4 is 29.6 Å². The smallest absolute Gasteiger partial charge is 0.222 e. The van der Waals surface area contributed by atoms with Crippen molar-refractivity contribution < 1.29 is 9.59 Å². The van der Waals surface area contributed by atoms with Crippen molar-refractivity contribution in [2.45, 2.75) is 12.5 Å². The molecule has 84 valence electrons. The highest BCUT2D eigenvalue weighted by molar-refractivity contribution is 6.32. The highest BCUT2D eigenvalue weighted by Crippen LogP contribution is 2.19. The zero-order valence-corrected chi connectivity index (χ0v) is 8.99. The summed E-state index contributed by atoms with van der Waals surface area (Å²) in [5.74, 6) is 0.335. The summed E-state index contributed by atoms with van der Waals surface area (Å²) in [6.45, 7) is 0.513. The second-order valence-corrected chi connectivity index (χ2v) is 3.75. The molecule has 2 N–H and O–H groups in total. The van der Waals surface area contributed by atoms with Crippen molar-refractivity contribution in [3.8, 4) is 0 Å². The van der Waals surface area contributed by atoms with Crippen LogP contribution in [0.1, 0.15) is 16.8 Å². The van der Waals surface area contributed by atoms with Crippen molar-refractivity contribution in [2.24, 2.45) is 0 Å². The summed E-state index contributed by atoms with van der Waals surface area (Å²) in [4.78, 5) is 29.4. The molecule has 1 aromatic rings. The van der Waals surface area contributed by atoms with Gasteiger partial charge >= 0.3 is 0 Å². The van der Waals surface area contributed by atoms with Crippen LogP contribution >= 0.6 is 11.6 Å². The standard InChI is InChI=1S/C9H9ClN4O2/c10-8-6(3-15)9(13-4-12-8)14-5-1-7(16)11-2-5/h3-5H,1-2H2,(H,11,16)(H,12,13,14). The molecule has 1 aliphatic heterocycles. The predicted octanol–water partition coefficient (Wildman–Crippen LogP) is 0.243. The van der Waals surface area contributed by atoms with E-state index in [-0.39, 0.29) is 22.7 Å².